The Bertz CT molecular complexity index is 327. The van der Waals surface area contributed by atoms with Gasteiger partial charge in [-0.2, -0.15) is 0 Å². The zero-order valence-electron chi connectivity index (χ0n) is 11.1. The van der Waals surface area contributed by atoms with E-state index in [2.05, 4.69) is 0 Å². The molecule has 18 heavy (non-hydrogen) atoms. The Morgan fingerprint density at radius 1 is 1.17 bits per heavy atom. The molecule has 0 aromatic heterocycles. The molecule has 2 heterocycles. The van der Waals surface area contributed by atoms with Crippen molar-refractivity contribution >= 4 is 6.29 Å². The molecule has 2 aliphatic heterocycles. The molecule has 104 valence electrons. The third kappa shape index (κ3) is 2.73. The third-order valence-corrected chi connectivity index (χ3v) is 3.05. The lowest BCUT2D eigenvalue weighted by Crippen LogP contribution is -2.45. The second kappa shape index (κ2) is 4.54. The predicted octanol–water partition coefficient (Wildman–Crippen LogP) is 0.218. The van der Waals surface area contributed by atoms with Gasteiger partial charge in [0.15, 0.2) is 17.9 Å². The van der Waals surface area contributed by atoms with Crippen molar-refractivity contribution in [1.82, 2.24) is 0 Å². The summed E-state index contributed by atoms with van der Waals surface area (Å²) < 4.78 is 21.9. The fourth-order valence-electron chi connectivity index (χ4n) is 2.28. The van der Waals surface area contributed by atoms with E-state index in [1.54, 1.807) is 27.7 Å². The summed E-state index contributed by atoms with van der Waals surface area (Å²) in [4.78, 5) is 11.0. The SMILES string of the molecule is CC1(C)O[C@H]([C@H](O)[C@H]2COC(C)(C)O2)[C@H](C=O)O1. The highest BCUT2D eigenvalue weighted by Crippen LogP contribution is 2.33. The Balaban J connectivity index is 2.05. The van der Waals surface area contributed by atoms with Gasteiger partial charge in [0.05, 0.1) is 6.61 Å². The van der Waals surface area contributed by atoms with Crippen molar-refractivity contribution in [3.05, 3.63) is 0 Å². The Morgan fingerprint density at radius 3 is 2.33 bits per heavy atom. The van der Waals surface area contributed by atoms with E-state index in [9.17, 15) is 9.90 Å². The first-order valence-corrected chi connectivity index (χ1v) is 6.05. The van der Waals surface area contributed by atoms with E-state index in [0.717, 1.165) is 0 Å². The summed E-state index contributed by atoms with van der Waals surface area (Å²) in [5, 5.41) is 10.2. The van der Waals surface area contributed by atoms with Crippen LogP contribution in [-0.2, 0) is 23.7 Å². The van der Waals surface area contributed by atoms with Crippen LogP contribution in [0.25, 0.3) is 0 Å². The van der Waals surface area contributed by atoms with Crippen molar-refractivity contribution < 1.29 is 28.8 Å². The topological polar surface area (TPSA) is 74.2 Å². The van der Waals surface area contributed by atoms with Crippen LogP contribution in [0.5, 0.6) is 0 Å². The van der Waals surface area contributed by atoms with Crippen molar-refractivity contribution in [3.63, 3.8) is 0 Å². The number of hydrogen-bond acceptors (Lipinski definition) is 6. The number of ether oxygens (including phenoxy) is 4. The van der Waals surface area contributed by atoms with E-state index in [-0.39, 0.29) is 6.61 Å². The maximum Gasteiger partial charge on any atom is 0.164 e. The minimum Gasteiger partial charge on any atom is -0.387 e. The maximum atomic E-state index is 11.0. The fourth-order valence-corrected chi connectivity index (χ4v) is 2.28. The normalized spacial score (nSPS) is 39.7. The van der Waals surface area contributed by atoms with E-state index >= 15 is 0 Å². The minimum atomic E-state index is -0.969. The highest BCUT2D eigenvalue weighted by Gasteiger charge is 2.49. The molecule has 0 saturated carbocycles. The average Bonchev–Trinajstić information content (AvgIpc) is 2.77. The van der Waals surface area contributed by atoms with Gasteiger partial charge in [-0.05, 0) is 27.7 Å². The maximum absolute atomic E-state index is 11.0. The number of hydrogen-bond donors (Lipinski definition) is 1. The van der Waals surface area contributed by atoms with E-state index < -0.39 is 36.0 Å². The van der Waals surface area contributed by atoms with Crippen molar-refractivity contribution in [2.24, 2.45) is 0 Å². The number of carbonyl (C=O) groups is 1. The second-order valence-corrected chi connectivity index (χ2v) is 5.56. The molecule has 0 radical (unpaired) electrons. The Kier molecular flexibility index (Phi) is 3.50. The summed E-state index contributed by atoms with van der Waals surface area (Å²) in [6.45, 7) is 7.21. The summed E-state index contributed by atoms with van der Waals surface area (Å²) >= 11 is 0. The molecule has 0 aromatic carbocycles. The molecule has 0 amide bonds. The molecule has 2 fully saturated rings. The number of aliphatic hydroxyl groups is 1. The zero-order valence-corrected chi connectivity index (χ0v) is 11.1. The average molecular weight is 260 g/mol. The standard InChI is InChI=1S/C12H20O6/c1-11(2)15-6-8(17-11)9(14)10-7(5-13)16-12(3,4)18-10/h5,7-10,14H,6H2,1-4H3/t7-,8+,9+,10-/m0/s1. The van der Waals surface area contributed by atoms with Gasteiger partial charge in [-0.3, -0.25) is 0 Å². The first kappa shape index (κ1) is 13.9. The Hall–Kier alpha value is -0.530. The van der Waals surface area contributed by atoms with Crippen molar-refractivity contribution in [3.8, 4) is 0 Å². The lowest BCUT2D eigenvalue weighted by molar-refractivity contribution is -0.178. The predicted molar refractivity (Wildman–Crippen MR) is 60.8 cm³/mol. The molecule has 1 N–H and O–H groups in total. The number of carbonyl (C=O) groups excluding carboxylic acids is 1. The molecule has 0 bridgehead atoms. The van der Waals surface area contributed by atoms with Gasteiger partial charge in [0.1, 0.15) is 24.4 Å². The number of rotatable bonds is 3. The third-order valence-electron chi connectivity index (χ3n) is 3.05. The first-order valence-electron chi connectivity index (χ1n) is 6.05. The molecule has 6 heteroatoms. The summed E-state index contributed by atoms with van der Waals surface area (Å²) in [5.74, 6) is -1.61. The van der Waals surface area contributed by atoms with Gasteiger partial charge in [0.25, 0.3) is 0 Å². The van der Waals surface area contributed by atoms with E-state index in [1.165, 1.54) is 0 Å². The first-order chi connectivity index (χ1) is 8.24. The van der Waals surface area contributed by atoms with Crippen molar-refractivity contribution in [1.29, 1.82) is 0 Å². The Morgan fingerprint density at radius 2 is 1.83 bits per heavy atom. The van der Waals surface area contributed by atoms with Crippen LogP contribution >= 0.6 is 0 Å². The molecule has 0 unspecified atom stereocenters. The zero-order chi connectivity index (χ0) is 13.6. The van der Waals surface area contributed by atoms with Gasteiger partial charge >= 0.3 is 0 Å². The quantitative estimate of drug-likeness (QED) is 0.732. The number of aldehydes is 1. The minimum absolute atomic E-state index is 0.264. The molecule has 0 spiro atoms. The fraction of sp³-hybridized carbons (Fsp3) is 0.917. The van der Waals surface area contributed by atoms with Crippen LogP contribution in [0.1, 0.15) is 27.7 Å². The molecule has 0 aromatic rings. The van der Waals surface area contributed by atoms with Crippen molar-refractivity contribution in [2.45, 2.75) is 63.7 Å². The molecule has 0 aliphatic carbocycles. The molecule has 2 saturated heterocycles. The van der Waals surface area contributed by atoms with E-state index in [1.807, 2.05) is 0 Å². The summed E-state index contributed by atoms with van der Waals surface area (Å²) in [7, 11) is 0. The molecule has 6 nitrogen and oxygen atoms in total. The van der Waals surface area contributed by atoms with Gasteiger partial charge in [-0.1, -0.05) is 0 Å². The van der Waals surface area contributed by atoms with Gasteiger partial charge in [-0.25, -0.2) is 0 Å². The highest BCUT2D eigenvalue weighted by atomic mass is 16.8. The summed E-state index contributed by atoms with van der Waals surface area (Å²) in [6.07, 6.45) is -2.38. The number of aliphatic hydroxyl groups excluding tert-OH is 1. The van der Waals surface area contributed by atoms with Gasteiger partial charge < -0.3 is 28.8 Å². The lowest BCUT2D eigenvalue weighted by Gasteiger charge is -2.25. The molecular weight excluding hydrogens is 240 g/mol. The van der Waals surface area contributed by atoms with Crippen LogP contribution in [0, 0.1) is 0 Å². The van der Waals surface area contributed by atoms with Crippen LogP contribution in [0.3, 0.4) is 0 Å². The largest absolute Gasteiger partial charge is 0.387 e. The van der Waals surface area contributed by atoms with Gasteiger partial charge in [0.2, 0.25) is 0 Å². The monoisotopic (exact) mass is 260 g/mol. The van der Waals surface area contributed by atoms with Crippen molar-refractivity contribution in [2.75, 3.05) is 6.61 Å². The second-order valence-electron chi connectivity index (χ2n) is 5.56. The van der Waals surface area contributed by atoms with Crippen LogP contribution in [0.2, 0.25) is 0 Å². The van der Waals surface area contributed by atoms with Crippen LogP contribution in [0.4, 0.5) is 0 Å². The molecule has 2 rings (SSSR count). The van der Waals surface area contributed by atoms with Crippen LogP contribution in [-0.4, -0.2) is 54.0 Å². The van der Waals surface area contributed by atoms with Crippen LogP contribution in [0.15, 0.2) is 0 Å². The lowest BCUT2D eigenvalue weighted by atomic mass is 10.0. The molecule has 2 aliphatic rings. The molecular formula is C12H20O6. The summed E-state index contributed by atoms with van der Waals surface area (Å²) in [6, 6.07) is 0. The summed E-state index contributed by atoms with van der Waals surface area (Å²) in [5.41, 5.74) is 0. The van der Waals surface area contributed by atoms with E-state index in [0.29, 0.717) is 6.29 Å². The highest BCUT2D eigenvalue weighted by molar-refractivity contribution is 5.58. The Labute approximate surface area is 106 Å². The van der Waals surface area contributed by atoms with E-state index in [4.69, 9.17) is 18.9 Å². The molecule has 4 atom stereocenters. The smallest absolute Gasteiger partial charge is 0.164 e. The van der Waals surface area contributed by atoms with Crippen LogP contribution < -0.4 is 0 Å². The van der Waals surface area contributed by atoms with Gasteiger partial charge in [-0.15, -0.1) is 0 Å². The van der Waals surface area contributed by atoms with Gasteiger partial charge in [0, 0.05) is 0 Å².